The lowest BCUT2D eigenvalue weighted by Crippen LogP contribution is -2.11. The van der Waals surface area contributed by atoms with Crippen LogP contribution in [0.1, 0.15) is 13.3 Å². The zero-order valence-corrected chi connectivity index (χ0v) is 5.42. The molecule has 1 rings (SSSR count). The van der Waals surface area contributed by atoms with Gasteiger partial charge in [-0.15, -0.1) is 6.58 Å². The maximum atomic E-state index is 10.4. The summed E-state index contributed by atoms with van der Waals surface area (Å²) in [5, 5.41) is 8.57. The summed E-state index contributed by atoms with van der Waals surface area (Å²) in [7, 11) is 0. The number of aliphatic carboxylic acids is 1. The normalized spacial score (nSPS) is 39.9. The molecular formula is C7H10O2. The van der Waals surface area contributed by atoms with E-state index in [9.17, 15) is 4.79 Å². The van der Waals surface area contributed by atoms with Crippen LogP contribution in [0, 0.1) is 11.3 Å². The van der Waals surface area contributed by atoms with Crippen molar-refractivity contribution >= 4 is 5.97 Å². The Labute approximate surface area is 54.2 Å². The second kappa shape index (κ2) is 1.59. The Morgan fingerprint density at radius 3 is 2.67 bits per heavy atom. The van der Waals surface area contributed by atoms with Crippen molar-refractivity contribution in [3.05, 3.63) is 12.7 Å². The molecule has 0 aliphatic heterocycles. The summed E-state index contributed by atoms with van der Waals surface area (Å²) in [6.07, 6.45) is 2.47. The Hall–Kier alpha value is -0.790. The third kappa shape index (κ3) is 0.745. The van der Waals surface area contributed by atoms with Crippen LogP contribution in [0.3, 0.4) is 0 Å². The number of allylic oxidation sites excluding steroid dienone is 1. The van der Waals surface area contributed by atoms with Crippen molar-refractivity contribution in [2.45, 2.75) is 13.3 Å². The van der Waals surface area contributed by atoms with Crippen molar-refractivity contribution < 1.29 is 9.90 Å². The Kier molecular flexibility index (Phi) is 1.12. The van der Waals surface area contributed by atoms with Gasteiger partial charge in [0.2, 0.25) is 0 Å². The van der Waals surface area contributed by atoms with Crippen LogP contribution in [0.5, 0.6) is 0 Å². The highest BCUT2D eigenvalue weighted by atomic mass is 16.4. The van der Waals surface area contributed by atoms with Crippen molar-refractivity contribution in [1.82, 2.24) is 0 Å². The highest BCUT2D eigenvalue weighted by Crippen LogP contribution is 2.52. The van der Waals surface area contributed by atoms with Crippen molar-refractivity contribution in [2.75, 3.05) is 0 Å². The number of carboxylic acid groups (broad SMARTS) is 1. The fourth-order valence-electron chi connectivity index (χ4n) is 0.987. The molecule has 0 saturated heterocycles. The van der Waals surface area contributed by atoms with Crippen LogP contribution in [0.15, 0.2) is 12.7 Å². The molecule has 9 heavy (non-hydrogen) atoms. The Morgan fingerprint density at radius 1 is 2.00 bits per heavy atom. The topological polar surface area (TPSA) is 37.3 Å². The maximum Gasteiger partial charge on any atom is 0.309 e. The minimum atomic E-state index is -0.701. The molecule has 1 fully saturated rings. The standard InChI is InChI=1S/C7H10O2/c1-3-5-4-7(5,2)6(8)9/h3,5H,1,4H2,2H3,(H,8,9)/t5-,7?/m0/s1. The van der Waals surface area contributed by atoms with Crippen LogP contribution in [-0.2, 0) is 4.79 Å². The van der Waals surface area contributed by atoms with Crippen LogP contribution >= 0.6 is 0 Å². The summed E-state index contributed by atoms with van der Waals surface area (Å²) in [5.74, 6) is -0.498. The molecule has 2 heteroatoms. The monoisotopic (exact) mass is 126 g/mol. The van der Waals surface area contributed by atoms with E-state index in [4.69, 9.17) is 5.11 Å². The molecule has 1 aliphatic rings. The first-order valence-corrected chi connectivity index (χ1v) is 2.97. The average Bonchev–Trinajstić information content (AvgIpc) is 2.44. The summed E-state index contributed by atoms with van der Waals surface area (Å²) in [6.45, 7) is 5.29. The second-order valence-corrected chi connectivity index (χ2v) is 2.77. The molecule has 0 aromatic heterocycles. The van der Waals surface area contributed by atoms with E-state index in [2.05, 4.69) is 6.58 Å². The van der Waals surface area contributed by atoms with Gasteiger partial charge < -0.3 is 5.11 Å². The largest absolute Gasteiger partial charge is 0.481 e. The van der Waals surface area contributed by atoms with Crippen LogP contribution in [0.25, 0.3) is 0 Å². The molecule has 0 amide bonds. The molecule has 1 N–H and O–H groups in total. The molecule has 50 valence electrons. The van der Waals surface area contributed by atoms with Crippen molar-refractivity contribution in [2.24, 2.45) is 11.3 Å². The molecule has 2 atom stereocenters. The first-order chi connectivity index (χ1) is 4.11. The number of carboxylic acids is 1. The first-order valence-electron chi connectivity index (χ1n) is 2.97. The van der Waals surface area contributed by atoms with Crippen LogP contribution in [0.4, 0.5) is 0 Å². The third-order valence-electron chi connectivity index (χ3n) is 2.08. The fraction of sp³-hybridized carbons (Fsp3) is 0.571. The van der Waals surface area contributed by atoms with E-state index in [0.717, 1.165) is 6.42 Å². The molecule has 0 heterocycles. The molecular weight excluding hydrogens is 116 g/mol. The van der Waals surface area contributed by atoms with Crippen LogP contribution in [0.2, 0.25) is 0 Å². The van der Waals surface area contributed by atoms with Crippen LogP contribution < -0.4 is 0 Å². The zero-order valence-electron chi connectivity index (χ0n) is 5.42. The Morgan fingerprint density at radius 2 is 2.56 bits per heavy atom. The molecule has 0 aromatic rings. The van der Waals surface area contributed by atoms with Gasteiger partial charge in [-0.3, -0.25) is 4.79 Å². The van der Waals surface area contributed by atoms with Gasteiger partial charge in [-0.05, 0) is 19.3 Å². The van der Waals surface area contributed by atoms with Gasteiger partial charge in [0.1, 0.15) is 0 Å². The number of hydrogen-bond acceptors (Lipinski definition) is 1. The van der Waals surface area contributed by atoms with Crippen molar-refractivity contribution in [1.29, 1.82) is 0 Å². The summed E-state index contributed by atoms with van der Waals surface area (Å²) < 4.78 is 0. The molecule has 1 aliphatic carbocycles. The molecule has 1 unspecified atom stereocenters. The lowest BCUT2D eigenvalue weighted by molar-refractivity contribution is -0.143. The Balaban J connectivity index is 2.62. The summed E-state index contributed by atoms with van der Waals surface area (Å²) in [5.41, 5.74) is -0.484. The van der Waals surface area contributed by atoms with Gasteiger partial charge >= 0.3 is 5.97 Å². The van der Waals surface area contributed by atoms with E-state index in [1.54, 1.807) is 13.0 Å². The highest BCUT2D eigenvalue weighted by molar-refractivity contribution is 5.78. The third-order valence-corrected chi connectivity index (χ3v) is 2.08. The van der Waals surface area contributed by atoms with Crippen LogP contribution in [-0.4, -0.2) is 11.1 Å². The molecule has 0 bridgehead atoms. The molecule has 0 spiro atoms. The summed E-state index contributed by atoms with van der Waals surface area (Å²) >= 11 is 0. The smallest absolute Gasteiger partial charge is 0.309 e. The van der Waals surface area contributed by atoms with Gasteiger partial charge in [0, 0.05) is 0 Å². The highest BCUT2D eigenvalue weighted by Gasteiger charge is 2.54. The van der Waals surface area contributed by atoms with E-state index < -0.39 is 11.4 Å². The summed E-state index contributed by atoms with van der Waals surface area (Å²) in [4.78, 5) is 10.4. The van der Waals surface area contributed by atoms with Gasteiger partial charge in [0.25, 0.3) is 0 Å². The molecule has 0 aromatic carbocycles. The van der Waals surface area contributed by atoms with Gasteiger partial charge in [0.15, 0.2) is 0 Å². The maximum absolute atomic E-state index is 10.4. The molecule has 1 saturated carbocycles. The minimum absolute atomic E-state index is 0.204. The average molecular weight is 126 g/mol. The van der Waals surface area contributed by atoms with Crippen molar-refractivity contribution in [3.63, 3.8) is 0 Å². The quantitative estimate of drug-likeness (QED) is 0.566. The van der Waals surface area contributed by atoms with E-state index in [1.807, 2.05) is 0 Å². The number of hydrogen-bond donors (Lipinski definition) is 1. The van der Waals surface area contributed by atoms with Gasteiger partial charge in [-0.2, -0.15) is 0 Å². The lowest BCUT2D eigenvalue weighted by Gasteiger charge is -1.98. The SMILES string of the molecule is C=C[C@H]1CC1(C)C(=O)O. The fourth-order valence-corrected chi connectivity index (χ4v) is 0.987. The minimum Gasteiger partial charge on any atom is -0.481 e. The van der Waals surface area contributed by atoms with E-state index in [-0.39, 0.29) is 5.92 Å². The van der Waals surface area contributed by atoms with Crippen molar-refractivity contribution in [3.8, 4) is 0 Å². The van der Waals surface area contributed by atoms with Gasteiger partial charge in [-0.25, -0.2) is 0 Å². The zero-order chi connectivity index (χ0) is 7.07. The van der Waals surface area contributed by atoms with E-state index in [0.29, 0.717) is 0 Å². The predicted octanol–water partition coefficient (Wildman–Crippen LogP) is 1.28. The lowest BCUT2D eigenvalue weighted by atomic mass is 10.1. The number of carbonyl (C=O) groups is 1. The first kappa shape index (κ1) is 6.33. The van der Waals surface area contributed by atoms with E-state index >= 15 is 0 Å². The second-order valence-electron chi connectivity index (χ2n) is 2.77. The van der Waals surface area contributed by atoms with Gasteiger partial charge in [0.05, 0.1) is 5.41 Å². The number of rotatable bonds is 2. The van der Waals surface area contributed by atoms with E-state index in [1.165, 1.54) is 0 Å². The molecule has 0 radical (unpaired) electrons. The summed E-state index contributed by atoms with van der Waals surface area (Å²) in [6, 6.07) is 0. The Bertz CT molecular complexity index is 162. The predicted molar refractivity (Wildman–Crippen MR) is 34.0 cm³/mol. The molecule has 2 nitrogen and oxygen atoms in total. The van der Waals surface area contributed by atoms with Gasteiger partial charge in [-0.1, -0.05) is 6.08 Å².